The van der Waals surface area contributed by atoms with Gasteiger partial charge in [0.25, 0.3) is 0 Å². The lowest BCUT2D eigenvalue weighted by Gasteiger charge is -2.10. The van der Waals surface area contributed by atoms with Gasteiger partial charge in [-0.2, -0.15) is 0 Å². The normalized spacial score (nSPS) is 10.8. The zero-order valence-electron chi connectivity index (χ0n) is 14.7. The summed E-state index contributed by atoms with van der Waals surface area (Å²) < 4.78 is 3.04. The van der Waals surface area contributed by atoms with Crippen LogP contribution in [0.1, 0.15) is 11.1 Å². The van der Waals surface area contributed by atoms with Gasteiger partial charge in [-0.1, -0.05) is 41.6 Å². The number of carbonyl (C=O) groups excluding carboxylic acids is 1. The molecular weight excluding hydrogens is 494 g/mol. The van der Waals surface area contributed by atoms with Crippen LogP contribution in [0, 0.1) is 13.8 Å². The number of amides is 1. The second-order valence-corrected chi connectivity index (χ2v) is 8.63. The topological polar surface area (TPSA) is 85.8 Å². The fourth-order valence-electron chi connectivity index (χ4n) is 2.40. The van der Waals surface area contributed by atoms with E-state index in [1.54, 1.807) is 0 Å². The summed E-state index contributed by atoms with van der Waals surface area (Å²) in [6, 6.07) is 11.7. The van der Waals surface area contributed by atoms with E-state index in [0.29, 0.717) is 16.7 Å². The molecule has 9 heteroatoms. The Labute approximate surface area is 178 Å². The van der Waals surface area contributed by atoms with Crippen molar-refractivity contribution in [2.75, 3.05) is 16.9 Å². The number of rotatable bonds is 5. The van der Waals surface area contributed by atoms with Gasteiger partial charge in [-0.15, -0.1) is 10.2 Å². The van der Waals surface area contributed by atoms with Crippen molar-refractivity contribution in [2.45, 2.75) is 19.0 Å². The smallest absolute Gasteiger partial charge is 0.234 e. The van der Waals surface area contributed by atoms with Crippen molar-refractivity contribution in [1.82, 2.24) is 14.9 Å². The highest BCUT2D eigenvalue weighted by Gasteiger charge is 2.15. The standard InChI is InChI=1S/C18H17Br2N5OS/c1-10-3-5-12(6-4-10)17-23-24-18(25(17)21)27-9-15(26)22-16-13(19)7-11(2)8-14(16)20/h3-8H,9,21H2,1-2H3,(H,22,26). The number of halogens is 2. The molecule has 0 saturated heterocycles. The molecule has 1 heterocycles. The van der Waals surface area contributed by atoms with Crippen LogP contribution in [-0.2, 0) is 4.79 Å². The molecular formula is C18H17Br2N5OS. The van der Waals surface area contributed by atoms with Gasteiger partial charge in [-0.05, 0) is 63.4 Å². The summed E-state index contributed by atoms with van der Waals surface area (Å²) in [5.74, 6) is 6.66. The highest BCUT2D eigenvalue weighted by atomic mass is 79.9. The van der Waals surface area contributed by atoms with Crippen LogP contribution in [0.2, 0.25) is 0 Å². The van der Waals surface area contributed by atoms with Crippen molar-refractivity contribution >= 4 is 55.2 Å². The Kier molecular flexibility index (Phi) is 6.23. The second-order valence-electron chi connectivity index (χ2n) is 5.98. The first-order chi connectivity index (χ1) is 12.8. The number of benzene rings is 2. The molecule has 140 valence electrons. The highest BCUT2D eigenvalue weighted by molar-refractivity contribution is 9.11. The number of hydrogen-bond acceptors (Lipinski definition) is 5. The highest BCUT2D eigenvalue weighted by Crippen LogP contribution is 2.32. The number of aryl methyl sites for hydroxylation is 2. The van der Waals surface area contributed by atoms with E-state index in [1.807, 2.05) is 50.2 Å². The maximum Gasteiger partial charge on any atom is 0.234 e. The fraction of sp³-hybridized carbons (Fsp3) is 0.167. The van der Waals surface area contributed by atoms with Crippen LogP contribution < -0.4 is 11.2 Å². The van der Waals surface area contributed by atoms with Crippen molar-refractivity contribution in [3.8, 4) is 11.4 Å². The van der Waals surface area contributed by atoms with Gasteiger partial charge in [-0.25, -0.2) is 4.68 Å². The molecule has 0 saturated carbocycles. The fourth-order valence-corrected chi connectivity index (χ4v) is 4.67. The minimum Gasteiger partial charge on any atom is -0.335 e. The van der Waals surface area contributed by atoms with E-state index in [-0.39, 0.29) is 11.7 Å². The molecule has 3 aromatic rings. The molecule has 0 aliphatic heterocycles. The molecule has 0 spiro atoms. The average molecular weight is 511 g/mol. The Bertz CT molecular complexity index is 965. The molecule has 3 rings (SSSR count). The van der Waals surface area contributed by atoms with Crippen LogP contribution in [-0.4, -0.2) is 26.5 Å². The van der Waals surface area contributed by atoms with Crippen LogP contribution in [0.15, 0.2) is 50.5 Å². The van der Waals surface area contributed by atoms with E-state index >= 15 is 0 Å². The number of carbonyl (C=O) groups is 1. The van der Waals surface area contributed by atoms with E-state index in [1.165, 1.54) is 16.4 Å². The number of nitrogens with zero attached hydrogens (tertiary/aromatic N) is 3. The summed E-state index contributed by atoms with van der Waals surface area (Å²) in [5, 5.41) is 11.6. The summed E-state index contributed by atoms with van der Waals surface area (Å²) in [5.41, 5.74) is 3.81. The third-order valence-corrected chi connectivity index (χ3v) is 5.95. The van der Waals surface area contributed by atoms with Gasteiger partial charge in [-0.3, -0.25) is 4.79 Å². The van der Waals surface area contributed by atoms with Gasteiger partial charge < -0.3 is 11.2 Å². The van der Waals surface area contributed by atoms with Crippen LogP contribution >= 0.6 is 43.6 Å². The maximum atomic E-state index is 12.3. The number of thioether (sulfide) groups is 1. The average Bonchev–Trinajstić information content (AvgIpc) is 2.98. The molecule has 0 unspecified atom stereocenters. The second kappa shape index (κ2) is 8.45. The predicted octanol–water partition coefficient (Wildman–Crippen LogP) is 4.53. The Morgan fingerprint density at radius 2 is 1.74 bits per heavy atom. The summed E-state index contributed by atoms with van der Waals surface area (Å²) in [6.07, 6.45) is 0. The number of anilines is 1. The first-order valence-electron chi connectivity index (χ1n) is 8.01. The van der Waals surface area contributed by atoms with Crippen molar-refractivity contribution < 1.29 is 4.79 Å². The molecule has 1 amide bonds. The largest absolute Gasteiger partial charge is 0.335 e. The Morgan fingerprint density at radius 3 is 2.37 bits per heavy atom. The summed E-state index contributed by atoms with van der Waals surface area (Å²) >= 11 is 8.17. The third-order valence-electron chi connectivity index (χ3n) is 3.76. The summed E-state index contributed by atoms with van der Waals surface area (Å²) in [7, 11) is 0. The zero-order chi connectivity index (χ0) is 19.6. The van der Waals surface area contributed by atoms with E-state index in [2.05, 4.69) is 47.4 Å². The van der Waals surface area contributed by atoms with Crippen molar-refractivity contribution in [1.29, 1.82) is 0 Å². The van der Waals surface area contributed by atoms with Crippen LogP contribution in [0.4, 0.5) is 5.69 Å². The predicted molar refractivity (Wildman–Crippen MR) is 116 cm³/mol. The molecule has 1 aromatic heterocycles. The van der Waals surface area contributed by atoms with Crippen molar-refractivity contribution in [2.24, 2.45) is 0 Å². The van der Waals surface area contributed by atoms with Gasteiger partial charge >= 0.3 is 0 Å². The number of aromatic nitrogens is 3. The minimum atomic E-state index is -0.162. The molecule has 2 aromatic carbocycles. The maximum absolute atomic E-state index is 12.3. The van der Waals surface area contributed by atoms with Gasteiger partial charge in [0.05, 0.1) is 11.4 Å². The summed E-state index contributed by atoms with van der Waals surface area (Å²) in [6.45, 7) is 4.00. The first-order valence-corrected chi connectivity index (χ1v) is 10.6. The SMILES string of the molecule is Cc1ccc(-c2nnc(SCC(=O)Nc3c(Br)cc(C)cc3Br)n2N)cc1. The van der Waals surface area contributed by atoms with E-state index in [9.17, 15) is 4.79 Å². The van der Waals surface area contributed by atoms with E-state index in [0.717, 1.165) is 25.6 Å². The van der Waals surface area contributed by atoms with Crippen molar-refractivity contribution in [3.05, 3.63) is 56.5 Å². The summed E-state index contributed by atoms with van der Waals surface area (Å²) in [4.78, 5) is 12.3. The lowest BCUT2D eigenvalue weighted by Crippen LogP contribution is -2.17. The molecule has 0 aliphatic rings. The van der Waals surface area contributed by atoms with E-state index < -0.39 is 0 Å². The van der Waals surface area contributed by atoms with Crippen LogP contribution in [0.25, 0.3) is 11.4 Å². The Hall–Kier alpha value is -1.84. The number of nitrogens with two attached hydrogens (primary N) is 1. The van der Waals surface area contributed by atoms with E-state index in [4.69, 9.17) is 5.84 Å². The molecule has 27 heavy (non-hydrogen) atoms. The third kappa shape index (κ3) is 4.72. The molecule has 0 fully saturated rings. The monoisotopic (exact) mass is 509 g/mol. The minimum absolute atomic E-state index is 0.162. The van der Waals surface area contributed by atoms with Crippen molar-refractivity contribution in [3.63, 3.8) is 0 Å². The lowest BCUT2D eigenvalue weighted by atomic mass is 10.1. The molecule has 3 N–H and O–H groups in total. The van der Waals surface area contributed by atoms with Gasteiger partial charge in [0.2, 0.25) is 11.1 Å². The number of nitrogen functional groups attached to an aromatic ring is 1. The molecule has 0 radical (unpaired) electrons. The molecule has 0 aliphatic carbocycles. The molecule has 6 nitrogen and oxygen atoms in total. The number of nitrogens with one attached hydrogen (secondary N) is 1. The zero-order valence-corrected chi connectivity index (χ0v) is 18.7. The number of hydrogen-bond donors (Lipinski definition) is 2. The van der Waals surface area contributed by atoms with Gasteiger partial charge in [0.15, 0.2) is 5.82 Å². The Morgan fingerprint density at radius 1 is 1.11 bits per heavy atom. The quantitative estimate of drug-likeness (QED) is 0.389. The van der Waals surface area contributed by atoms with Crippen LogP contribution in [0.3, 0.4) is 0 Å². The molecule has 0 atom stereocenters. The van der Waals surface area contributed by atoms with Crippen LogP contribution in [0.5, 0.6) is 0 Å². The van der Waals surface area contributed by atoms with Gasteiger partial charge in [0.1, 0.15) is 0 Å². The first kappa shape index (κ1) is 19.9. The van der Waals surface area contributed by atoms with Gasteiger partial charge in [0, 0.05) is 14.5 Å². The Balaban J connectivity index is 1.67. The molecule has 0 bridgehead atoms. The lowest BCUT2D eigenvalue weighted by molar-refractivity contribution is -0.113.